The minimum absolute atomic E-state index is 0.0553. The van der Waals surface area contributed by atoms with Crippen molar-refractivity contribution in [1.29, 1.82) is 0 Å². The summed E-state index contributed by atoms with van der Waals surface area (Å²) >= 11 is 5.74. The maximum atomic E-state index is 11.0. The van der Waals surface area contributed by atoms with E-state index in [2.05, 4.69) is 17.2 Å². The highest BCUT2D eigenvalue weighted by atomic mass is 35.5. The van der Waals surface area contributed by atoms with Crippen LogP contribution >= 0.6 is 11.6 Å². The van der Waals surface area contributed by atoms with E-state index in [-0.39, 0.29) is 16.8 Å². The van der Waals surface area contributed by atoms with E-state index in [4.69, 9.17) is 11.6 Å². The molecule has 1 aromatic heterocycles. The average Bonchev–Trinajstić information content (AvgIpc) is 2.34. The number of halogens is 1. The Morgan fingerprint density at radius 1 is 1.50 bits per heavy atom. The van der Waals surface area contributed by atoms with Crippen LogP contribution in [0.3, 0.4) is 0 Å². The maximum absolute atomic E-state index is 11.0. The Kier molecular flexibility index (Phi) is 4.01. The van der Waals surface area contributed by atoms with E-state index in [0.717, 1.165) is 19.3 Å². The van der Waals surface area contributed by atoms with Gasteiger partial charge in [0.1, 0.15) is 0 Å². The monoisotopic (exact) mass is 269 g/mol. The maximum Gasteiger partial charge on any atom is 0.312 e. The van der Waals surface area contributed by atoms with E-state index in [1.807, 2.05) is 0 Å². The molecule has 2 rings (SSSR count). The summed E-state index contributed by atoms with van der Waals surface area (Å²) in [5, 5.41) is 14.4. The van der Waals surface area contributed by atoms with E-state index < -0.39 is 4.92 Å². The van der Waals surface area contributed by atoms with Crippen LogP contribution in [-0.2, 0) is 0 Å². The SMILES string of the molecule is CC1CCCCC1Nc1ncc(Cl)cc1[N+](=O)[O-]. The first-order valence-corrected chi connectivity index (χ1v) is 6.52. The second-order valence-corrected chi connectivity index (χ2v) is 5.23. The fourth-order valence-electron chi connectivity index (χ4n) is 2.39. The van der Waals surface area contributed by atoms with Crippen LogP contribution in [0.15, 0.2) is 12.3 Å². The molecule has 6 heteroatoms. The highest BCUT2D eigenvalue weighted by molar-refractivity contribution is 6.30. The van der Waals surface area contributed by atoms with Crippen molar-refractivity contribution in [3.63, 3.8) is 0 Å². The van der Waals surface area contributed by atoms with Crippen molar-refractivity contribution in [2.75, 3.05) is 5.32 Å². The molecule has 2 unspecified atom stereocenters. The van der Waals surface area contributed by atoms with Crippen molar-refractivity contribution in [2.24, 2.45) is 5.92 Å². The van der Waals surface area contributed by atoms with E-state index >= 15 is 0 Å². The molecule has 0 bridgehead atoms. The molecule has 2 atom stereocenters. The Bertz CT molecular complexity index is 453. The minimum Gasteiger partial charge on any atom is -0.361 e. The lowest BCUT2D eigenvalue weighted by atomic mass is 9.86. The van der Waals surface area contributed by atoms with Gasteiger partial charge in [-0.1, -0.05) is 31.4 Å². The van der Waals surface area contributed by atoms with Crippen LogP contribution in [0.5, 0.6) is 0 Å². The quantitative estimate of drug-likeness (QED) is 0.672. The summed E-state index contributed by atoms with van der Waals surface area (Å²) in [4.78, 5) is 14.6. The van der Waals surface area contributed by atoms with E-state index in [9.17, 15) is 10.1 Å². The molecule has 0 aliphatic heterocycles. The van der Waals surface area contributed by atoms with Gasteiger partial charge in [0.15, 0.2) is 0 Å². The smallest absolute Gasteiger partial charge is 0.312 e. The average molecular weight is 270 g/mol. The summed E-state index contributed by atoms with van der Waals surface area (Å²) in [5.74, 6) is 0.832. The molecule has 98 valence electrons. The number of hydrogen-bond donors (Lipinski definition) is 1. The first-order valence-electron chi connectivity index (χ1n) is 6.14. The normalized spacial score (nSPS) is 23.7. The molecule has 0 saturated heterocycles. The van der Waals surface area contributed by atoms with Crippen molar-refractivity contribution in [3.05, 3.63) is 27.4 Å². The first-order chi connectivity index (χ1) is 8.58. The molecule has 0 amide bonds. The third kappa shape index (κ3) is 2.90. The van der Waals surface area contributed by atoms with Crippen molar-refractivity contribution in [2.45, 2.75) is 38.6 Å². The standard InChI is InChI=1S/C12H16ClN3O2/c1-8-4-2-3-5-10(8)15-12-11(16(17)18)6-9(13)7-14-12/h6-8,10H,2-5H2,1H3,(H,14,15). The lowest BCUT2D eigenvalue weighted by molar-refractivity contribution is -0.384. The molecule has 1 saturated carbocycles. The van der Waals surface area contributed by atoms with Crippen LogP contribution in [-0.4, -0.2) is 15.9 Å². The molecule has 1 aliphatic rings. The van der Waals surface area contributed by atoms with Crippen LogP contribution in [0.2, 0.25) is 5.02 Å². The van der Waals surface area contributed by atoms with Crippen molar-refractivity contribution in [1.82, 2.24) is 4.98 Å². The van der Waals surface area contributed by atoms with Crippen LogP contribution in [0.25, 0.3) is 0 Å². The van der Waals surface area contributed by atoms with Gasteiger partial charge >= 0.3 is 5.69 Å². The van der Waals surface area contributed by atoms with Gasteiger partial charge in [0.2, 0.25) is 5.82 Å². The third-order valence-corrected chi connectivity index (χ3v) is 3.67. The van der Waals surface area contributed by atoms with Crippen LogP contribution < -0.4 is 5.32 Å². The van der Waals surface area contributed by atoms with Gasteiger partial charge in [-0.15, -0.1) is 0 Å². The molecule has 1 heterocycles. The van der Waals surface area contributed by atoms with Crippen molar-refractivity contribution in [3.8, 4) is 0 Å². The Balaban J connectivity index is 2.20. The largest absolute Gasteiger partial charge is 0.361 e. The molecule has 0 radical (unpaired) electrons. The van der Waals surface area contributed by atoms with Gasteiger partial charge in [0.05, 0.1) is 9.95 Å². The number of nitro groups is 1. The Labute approximate surface area is 111 Å². The summed E-state index contributed by atoms with van der Waals surface area (Å²) < 4.78 is 0. The van der Waals surface area contributed by atoms with E-state index in [1.54, 1.807) is 0 Å². The molecule has 0 spiro atoms. The Hall–Kier alpha value is -1.36. The zero-order chi connectivity index (χ0) is 13.1. The number of anilines is 1. The summed E-state index contributed by atoms with van der Waals surface area (Å²) in [6.07, 6.45) is 6.00. The Morgan fingerprint density at radius 2 is 2.22 bits per heavy atom. The van der Waals surface area contributed by atoms with Gasteiger partial charge in [-0.25, -0.2) is 4.98 Å². The lowest BCUT2D eigenvalue weighted by Gasteiger charge is -2.29. The van der Waals surface area contributed by atoms with Gasteiger partial charge in [0, 0.05) is 18.3 Å². The van der Waals surface area contributed by atoms with Crippen LogP contribution in [0.1, 0.15) is 32.6 Å². The molecule has 5 nitrogen and oxygen atoms in total. The number of aromatic nitrogens is 1. The molecule has 1 N–H and O–H groups in total. The summed E-state index contributed by atoms with van der Waals surface area (Å²) in [6, 6.07) is 1.59. The predicted octanol–water partition coefficient (Wildman–Crippen LogP) is 3.63. The summed E-state index contributed by atoms with van der Waals surface area (Å²) in [5.41, 5.74) is -0.0553. The van der Waals surface area contributed by atoms with Crippen molar-refractivity contribution >= 4 is 23.1 Å². The fraction of sp³-hybridized carbons (Fsp3) is 0.583. The molecule has 1 fully saturated rings. The predicted molar refractivity (Wildman–Crippen MR) is 70.9 cm³/mol. The zero-order valence-electron chi connectivity index (χ0n) is 10.2. The second-order valence-electron chi connectivity index (χ2n) is 4.79. The molecule has 18 heavy (non-hydrogen) atoms. The highest BCUT2D eigenvalue weighted by Crippen LogP contribution is 2.30. The topological polar surface area (TPSA) is 68.1 Å². The van der Waals surface area contributed by atoms with E-state index in [1.165, 1.54) is 18.7 Å². The number of nitrogens with zero attached hydrogens (tertiary/aromatic N) is 2. The van der Waals surface area contributed by atoms with Gasteiger partial charge < -0.3 is 5.32 Å². The number of pyridine rings is 1. The molecule has 1 aliphatic carbocycles. The molecule has 0 aromatic carbocycles. The Morgan fingerprint density at radius 3 is 2.89 bits per heavy atom. The molecular weight excluding hydrogens is 254 g/mol. The summed E-state index contributed by atoms with van der Waals surface area (Å²) in [6.45, 7) is 2.17. The summed E-state index contributed by atoms with van der Waals surface area (Å²) in [7, 11) is 0. The number of hydrogen-bond acceptors (Lipinski definition) is 4. The van der Waals surface area contributed by atoms with Gasteiger partial charge in [-0.05, 0) is 18.8 Å². The minimum atomic E-state index is -0.450. The van der Waals surface area contributed by atoms with Gasteiger partial charge in [0.25, 0.3) is 0 Å². The van der Waals surface area contributed by atoms with Crippen LogP contribution in [0.4, 0.5) is 11.5 Å². The lowest BCUT2D eigenvalue weighted by Crippen LogP contribution is -2.30. The second kappa shape index (κ2) is 5.52. The third-order valence-electron chi connectivity index (χ3n) is 3.46. The molecule has 1 aromatic rings. The molecular formula is C12H16ClN3O2. The number of rotatable bonds is 3. The highest BCUT2D eigenvalue weighted by Gasteiger charge is 2.25. The number of nitrogens with one attached hydrogen (secondary N) is 1. The zero-order valence-corrected chi connectivity index (χ0v) is 11.0. The first kappa shape index (κ1) is 13.1. The van der Waals surface area contributed by atoms with Gasteiger partial charge in [-0.3, -0.25) is 10.1 Å². The van der Waals surface area contributed by atoms with Crippen LogP contribution in [0, 0.1) is 16.0 Å². The van der Waals surface area contributed by atoms with Gasteiger partial charge in [-0.2, -0.15) is 0 Å². The fourth-order valence-corrected chi connectivity index (χ4v) is 2.54. The van der Waals surface area contributed by atoms with E-state index in [0.29, 0.717) is 11.7 Å². The van der Waals surface area contributed by atoms with Crippen molar-refractivity contribution < 1.29 is 4.92 Å².